The zero-order valence-electron chi connectivity index (χ0n) is 6.89. The number of methoxy groups -OCH3 is 1. The largest absolute Gasteiger partial charge is 0.496 e. The molecular formula is C9H8FNO. The van der Waals surface area contributed by atoms with Gasteiger partial charge in [-0.3, -0.25) is 0 Å². The monoisotopic (exact) mass is 165 g/mol. The van der Waals surface area contributed by atoms with Crippen molar-refractivity contribution in [2.75, 3.05) is 7.11 Å². The summed E-state index contributed by atoms with van der Waals surface area (Å²) in [5, 5.41) is 8.48. The number of halogens is 1. The molecule has 0 radical (unpaired) electrons. The van der Waals surface area contributed by atoms with Gasteiger partial charge in [0.15, 0.2) is 0 Å². The van der Waals surface area contributed by atoms with Crippen molar-refractivity contribution < 1.29 is 9.13 Å². The van der Waals surface area contributed by atoms with Crippen molar-refractivity contribution in [2.24, 2.45) is 0 Å². The summed E-state index contributed by atoms with van der Waals surface area (Å²) in [6.45, 7) is 1.73. The minimum absolute atomic E-state index is 0.0115. The Kier molecular flexibility index (Phi) is 2.29. The van der Waals surface area contributed by atoms with E-state index in [0.29, 0.717) is 11.3 Å². The van der Waals surface area contributed by atoms with Crippen molar-refractivity contribution in [2.45, 2.75) is 6.92 Å². The average Bonchev–Trinajstić information content (AvgIpc) is 2.05. The third kappa shape index (κ3) is 1.37. The summed E-state index contributed by atoms with van der Waals surface area (Å²) in [4.78, 5) is 0. The van der Waals surface area contributed by atoms with Crippen LogP contribution in [-0.2, 0) is 0 Å². The Morgan fingerprint density at radius 1 is 1.50 bits per heavy atom. The zero-order valence-corrected chi connectivity index (χ0v) is 6.89. The van der Waals surface area contributed by atoms with Crippen LogP contribution in [0.15, 0.2) is 12.1 Å². The van der Waals surface area contributed by atoms with E-state index in [4.69, 9.17) is 10.00 Å². The maximum Gasteiger partial charge on any atom is 0.141 e. The van der Waals surface area contributed by atoms with Crippen LogP contribution in [0.4, 0.5) is 4.39 Å². The third-order valence-corrected chi connectivity index (χ3v) is 1.60. The van der Waals surface area contributed by atoms with Gasteiger partial charge in [0.1, 0.15) is 17.6 Å². The van der Waals surface area contributed by atoms with Crippen LogP contribution in [0.25, 0.3) is 0 Å². The molecule has 1 rings (SSSR count). The van der Waals surface area contributed by atoms with Gasteiger partial charge in [0.05, 0.1) is 12.7 Å². The standard InChI is InChI=1S/C9H8FNO/c1-6-3-8(10)7(5-11)4-9(6)12-2/h3-4H,1-2H3. The van der Waals surface area contributed by atoms with Gasteiger partial charge in [-0.05, 0) is 18.6 Å². The predicted molar refractivity (Wildman–Crippen MR) is 42.4 cm³/mol. The minimum Gasteiger partial charge on any atom is -0.496 e. The fourth-order valence-corrected chi connectivity index (χ4v) is 0.958. The number of ether oxygens (including phenoxy) is 1. The molecule has 0 spiro atoms. The van der Waals surface area contributed by atoms with Crippen LogP contribution in [0.3, 0.4) is 0 Å². The Balaban J connectivity index is 3.30. The van der Waals surface area contributed by atoms with Crippen LogP contribution < -0.4 is 4.74 Å². The number of aryl methyl sites for hydroxylation is 1. The second-order valence-corrected chi connectivity index (χ2v) is 2.41. The lowest BCUT2D eigenvalue weighted by atomic mass is 10.1. The van der Waals surface area contributed by atoms with Gasteiger partial charge in [0.2, 0.25) is 0 Å². The van der Waals surface area contributed by atoms with Gasteiger partial charge >= 0.3 is 0 Å². The van der Waals surface area contributed by atoms with E-state index in [0.717, 1.165) is 0 Å². The minimum atomic E-state index is -0.504. The molecule has 1 aromatic carbocycles. The summed E-state index contributed by atoms with van der Waals surface area (Å²) in [6, 6.07) is 4.42. The second-order valence-electron chi connectivity index (χ2n) is 2.41. The van der Waals surface area contributed by atoms with Gasteiger partial charge in [-0.1, -0.05) is 0 Å². The molecule has 0 aliphatic rings. The van der Waals surface area contributed by atoms with Crippen LogP contribution in [0.1, 0.15) is 11.1 Å². The fraction of sp³-hybridized carbons (Fsp3) is 0.222. The number of nitriles is 1. The van der Waals surface area contributed by atoms with Crippen LogP contribution in [-0.4, -0.2) is 7.11 Å². The molecule has 0 N–H and O–H groups in total. The highest BCUT2D eigenvalue weighted by Crippen LogP contribution is 2.21. The molecule has 0 aromatic heterocycles. The number of nitrogens with zero attached hydrogens (tertiary/aromatic N) is 1. The Hall–Kier alpha value is -1.56. The zero-order chi connectivity index (χ0) is 9.14. The molecule has 0 unspecified atom stereocenters. The van der Waals surface area contributed by atoms with E-state index in [9.17, 15) is 4.39 Å². The molecule has 0 atom stereocenters. The van der Waals surface area contributed by atoms with Gasteiger partial charge in [-0.25, -0.2) is 4.39 Å². The first-order valence-electron chi connectivity index (χ1n) is 3.43. The highest BCUT2D eigenvalue weighted by Gasteiger charge is 2.06. The summed E-state index contributed by atoms with van der Waals surface area (Å²) >= 11 is 0. The van der Waals surface area contributed by atoms with Crippen LogP contribution in [0, 0.1) is 24.1 Å². The molecule has 62 valence electrons. The van der Waals surface area contributed by atoms with E-state index in [2.05, 4.69) is 0 Å². The molecule has 0 amide bonds. The third-order valence-electron chi connectivity index (χ3n) is 1.60. The average molecular weight is 165 g/mol. The maximum absolute atomic E-state index is 12.9. The van der Waals surface area contributed by atoms with Crippen LogP contribution in [0.5, 0.6) is 5.75 Å². The lowest BCUT2D eigenvalue weighted by Crippen LogP contribution is -1.91. The number of rotatable bonds is 1. The van der Waals surface area contributed by atoms with E-state index in [1.54, 1.807) is 13.0 Å². The van der Waals surface area contributed by atoms with Gasteiger partial charge < -0.3 is 4.74 Å². The van der Waals surface area contributed by atoms with E-state index < -0.39 is 5.82 Å². The summed E-state index contributed by atoms with van der Waals surface area (Å²) in [5.41, 5.74) is 0.700. The lowest BCUT2D eigenvalue weighted by molar-refractivity contribution is 0.410. The molecule has 0 bridgehead atoms. The lowest BCUT2D eigenvalue weighted by Gasteiger charge is -2.04. The second kappa shape index (κ2) is 3.22. The Morgan fingerprint density at radius 2 is 2.17 bits per heavy atom. The first-order valence-corrected chi connectivity index (χ1v) is 3.43. The van der Waals surface area contributed by atoms with E-state index in [-0.39, 0.29) is 5.56 Å². The summed E-state index contributed by atoms with van der Waals surface area (Å²) in [6.07, 6.45) is 0. The Labute approximate surface area is 70.2 Å². The molecule has 0 aliphatic heterocycles. The molecule has 12 heavy (non-hydrogen) atoms. The van der Waals surface area contributed by atoms with Crippen molar-refractivity contribution in [3.63, 3.8) is 0 Å². The molecule has 3 heteroatoms. The quantitative estimate of drug-likeness (QED) is 0.637. The number of hydrogen-bond acceptors (Lipinski definition) is 2. The summed E-state index contributed by atoms with van der Waals surface area (Å²) < 4.78 is 17.8. The number of benzene rings is 1. The fourth-order valence-electron chi connectivity index (χ4n) is 0.958. The highest BCUT2D eigenvalue weighted by molar-refractivity contribution is 5.42. The van der Waals surface area contributed by atoms with Gasteiger partial charge in [-0.15, -0.1) is 0 Å². The van der Waals surface area contributed by atoms with Crippen LogP contribution >= 0.6 is 0 Å². The van der Waals surface area contributed by atoms with Gasteiger partial charge in [-0.2, -0.15) is 5.26 Å². The molecule has 1 aromatic rings. The SMILES string of the molecule is COc1cc(C#N)c(F)cc1C. The van der Waals surface area contributed by atoms with E-state index in [1.165, 1.54) is 19.2 Å². The first kappa shape index (κ1) is 8.54. The smallest absolute Gasteiger partial charge is 0.141 e. The maximum atomic E-state index is 12.9. The van der Waals surface area contributed by atoms with Gasteiger partial charge in [0, 0.05) is 6.07 Å². The van der Waals surface area contributed by atoms with Crippen molar-refractivity contribution in [3.8, 4) is 11.8 Å². The molecular weight excluding hydrogens is 157 g/mol. The van der Waals surface area contributed by atoms with E-state index in [1.807, 2.05) is 0 Å². The van der Waals surface area contributed by atoms with Crippen molar-refractivity contribution >= 4 is 0 Å². The summed E-state index contributed by atoms with van der Waals surface area (Å²) in [5.74, 6) is 0.0313. The highest BCUT2D eigenvalue weighted by atomic mass is 19.1. The predicted octanol–water partition coefficient (Wildman–Crippen LogP) is 2.01. The number of hydrogen-bond donors (Lipinski definition) is 0. The van der Waals surface area contributed by atoms with E-state index >= 15 is 0 Å². The topological polar surface area (TPSA) is 33.0 Å². The molecule has 2 nitrogen and oxygen atoms in total. The van der Waals surface area contributed by atoms with Gasteiger partial charge in [0.25, 0.3) is 0 Å². The Bertz CT molecular complexity index is 341. The van der Waals surface area contributed by atoms with Crippen LogP contribution in [0.2, 0.25) is 0 Å². The molecule has 0 saturated carbocycles. The Morgan fingerprint density at radius 3 is 2.67 bits per heavy atom. The van der Waals surface area contributed by atoms with Crippen molar-refractivity contribution in [1.29, 1.82) is 5.26 Å². The molecule has 0 saturated heterocycles. The normalized spacial score (nSPS) is 9.17. The summed E-state index contributed by atoms with van der Waals surface area (Å²) in [7, 11) is 1.49. The molecule has 0 aliphatic carbocycles. The first-order chi connectivity index (χ1) is 5.69. The van der Waals surface area contributed by atoms with Crippen molar-refractivity contribution in [3.05, 3.63) is 29.1 Å². The molecule has 0 heterocycles. The van der Waals surface area contributed by atoms with Crippen molar-refractivity contribution in [1.82, 2.24) is 0 Å². The molecule has 0 fully saturated rings.